The monoisotopic (exact) mass is 246 g/mol. The molecule has 96 valence electrons. The van der Waals surface area contributed by atoms with Crippen LogP contribution in [0.1, 0.15) is 17.3 Å². The third-order valence-electron chi connectivity index (χ3n) is 2.12. The molecule has 0 saturated heterocycles. The number of carboxylic acids is 1. The second kappa shape index (κ2) is 8.82. The standard InChI is InChI=1S/C13H14O3.C2H4/c1-3-10(4-2)9-16-12-7-5-6-11(8-12)13(14)15;1-2/h3-8H,1,9H2,2H3,(H,14,15);1-2H2/b10-4+;. The highest BCUT2D eigenvalue weighted by Gasteiger charge is 2.03. The van der Waals surface area contributed by atoms with E-state index in [-0.39, 0.29) is 5.56 Å². The Hall–Kier alpha value is -2.29. The van der Waals surface area contributed by atoms with Gasteiger partial charge in [-0.2, -0.15) is 0 Å². The molecule has 18 heavy (non-hydrogen) atoms. The van der Waals surface area contributed by atoms with Crippen molar-refractivity contribution in [1.29, 1.82) is 0 Å². The second-order valence-electron chi connectivity index (χ2n) is 3.19. The van der Waals surface area contributed by atoms with E-state index >= 15 is 0 Å². The van der Waals surface area contributed by atoms with Crippen LogP contribution < -0.4 is 4.74 Å². The van der Waals surface area contributed by atoms with Crippen LogP contribution in [0.4, 0.5) is 0 Å². The summed E-state index contributed by atoms with van der Waals surface area (Å²) in [6.45, 7) is 11.9. The Morgan fingerprint density at radius 1 is 1.44 bits per heavy atom. The van der Waals surface area contributed by atoms with Crippen LogP contribution in [0.5, 0.6) is 5.75 Å². The Morgan fingerprint density at radius 2 is 2.11 bits per heavy atom. The fourth-order valence-corrected chi connectivity index (χ4v) is 1.15. The average molecular weight is 246 g/mol. The molecule has 0 amide bonds. The first kappa shape index (κ1) is 15.7. The fraction of sp³-hybridized carbons (Fsp3) is 0.133. The highest BCUT2D eigenvalue weighted by Crippen LogP contribution is 2.14. The minimum atomic E-state index is -0.958. The molecule has 0 spiro atoms. The molecule has 0 unspecified atom stereocenters. The zero-order valence-corrected chi connectivity index (χ0v) is 10.6. The van der Waals surface area contributed by atoms with Gasteiger partial charge < -0.3 is 9.84 Å². The summed E-state index contributed by atoms with van der Waals surface area (Å²) in [5, 5.41) is 8.80. The van der Waals surface area contributed by atoms with Gasteiger partial charge in [0.25, 0.3) is 0 Å². The number of hydrogen-bond donors (Lipinski definition) is 1. The van der Waals surface area contributed by atoms with E-state index in [1.165, 1.54) is 12.1 Å². The molecule has 1 rings (SSSR count). The summed E-state index contributed by atoms with van der Waals surface area (Å²) in [5.41, 5.74) is 1.18. The predicted octanol–water partition coefficient (Wildman–Crippen LogP) is 3.70. The number of allylic oxidation sites excluding steroid dienone is 1. The maximum absolute atomic E-state index is 10.7. The van der Waals surface area contributed by atoms with Gasteiger partial charge in [0, 0.05) is 0 Å². The molecule has 0 aliphatic carbocycles. The van der Waals surface area contributed by atoms with E-state index in [0.29, 0.717) is 12.4 Å². The zero-order chi connectivity index (χ0) is 14.0. The van der Waals surface area contributed by atoms with E-state index in [4.69, 9.17) is 9.84 Å². The van der Waals surface area contributed by atoms with E-state index in [2.05, 4.69) is 19.7 Å². The number of benzene rings is 1. The van der Waals surface area contributed by atoms with Crippen molar-refractivity contribution in [3.63, 3.8) is 0 Å². The summed E-state index contributed by atoms with van der Waals surface area (Å²) in [6, 6.07) is 6.41. The number of carbonyl (C=O) groups is 1. The van der Waals surface area contributed by atoms with Crippen LogP contribution in [0.2, 0.25) is 0 Å². The van der Waals surface area contributed by atoms with E-state index in [1.807, 2.05) is 13.0 Å². The quantitative estimate of drug-likeness (QED) is 0.636. The number of hydrogen-bond acceptors (Lipinski definition) is 2. The summed E-state index contributed by atoms with van der Waals surface area (Å²) in [4.78, 5) is 10.7. The van der Waals surface area contributed by atoms with Crippen molar-refractivity contribution in [3.8, 4) is 5.75 Å². The number of ether oxygens (including phenoxy) is 1. The molecule has 0 aliphatic rings. The molecule has 0 aliphatic heterocycles. The predicted molar refractivity (Wildman–Crippen MR) is 74.1 cm³/mol. The van der Waals surface area contributed by atoms with Crippen LogP contribution in [0.3, 0.4) is 0 Å². The van der Waals surface area contributed by atoms with Gasteiger partial charge >= 0.3 is 5.97 Å². The van der Waals surface area contributed by atoms with Crippen LogP contribution in [-0.2, 0) is 0 Å². The molecule has 0 heterocycles. The zero-order valence-electron chi connectivity index (χ0n) is 10.6. The van der Waals surface area contributed by atoms with Gasteiger partial charge in [0.1, 0.15) is 12.4 Å². The summed E-state index contributed by atoms with van der Waals surface area (Å²) in [6.07, 6.45) is 3.61. The van der Waals surface area contributed by atoms with Crippen LogP contribution in [-0.4, -0.2) is 17.7 Å². The summed E-state index contributed by atoms with van der Waals surface area (Å²) in [5.74, 6) is -0.415. The number of carboxylic acid groups (broad SMARTS) is 1. The number of aromatic carboxylic acids is 1. The third kappa shape index (κ3) is 5.16. The molecule has 0 aromatic heterocycles. The summed E-state index contributed by atoms with van der Waals surface area (Å²) in [7, 11) is 0. The van der Waals surface area contributed by atoms with Crippen molar-refractivity contribution in [2.75, 3.05) is 6.61 Å². The lowest BCUT2D eigenvalue weighted by molar-refractivity contribution is 0.0696. The second-order valence-corrected chi connectivity index (χ2v) is 3.19. The van der Waals surface area contributed by atoms with E-state index in [1.54, 1.807) is 18.2 Å². The lowest BCUT2D eigenvalue weighted by Gasteiger charge is -2.06. The first-order valence-electron chi connectivity index (χ1n) is 5.41. The molecule has 0 radical (unpaired) electrons. The fourth-order valence-electron chi connectivity index (χ4n) is 1.15. The molecular formula is C15H18O3. The maximum Gasteiger partial charge on any atom is 0.335 e. The Bertz CT molecular complexity index is 433. The van der Waals surface area contributed by atoms with Crippen molar-refractivity contribution in [2.45, 2.75) is 6.92 Å². The Kier molecular flexibility index (Phi) is 7.69. The van der Waals surface area contributed by atoms with Gasteiger partial charge in [-0.15, -0.1) is 13.2 Å². The van der Waals surface area contributed by atoms with Gasteiger partial charge in [-0.1, -0.05) is 24.8 Å². The minimum Gasteiger partial charge on any atom is -0.489 e. The van der Waals surface area contributed by atoms with Crippen molar-refractivity contribution < 1.29 is 14.6 Å². The molecule has 3 nitrogen and oxygen atoms in total. The molecule has 0 atom stereocenters. The van der Waals surface area contributed by atoms with Crippen LogP contribution >= 0.6 is 0 Å². The van der Waals surface area contributed by atoms with Crippen LogP contribution in [0, 0.1) is 0 Å². The third-order valence-corrected chi connectivity index (χ3v) is 2.12. The minimum absolute atomic E-state index is 0.220. The molecule has 1 aromatic rings. The lowest BCUT2D eigenvalue weighted by atomic mass is 10.2. The maximum atomic E-state index is 10.7. The van der Waals surface area contributed by atoms with Crippen LogP contribution in [0.25, 0.3) is 0 Å². The molecule has 1 aromatic carbocycles. The van der Waals surface area contributed by atoms with Gasteiger partial charge in [-0.3, -0.25) is 0 Å². The van der Waals surface area contributed by atoms with Crippen LogP contribution in [0.15, 0.2) is 61.7 Å². The van der Waals surface area contributed by atoms with Crippen molar-refractivity contribution in [3.05, 3.63) is 67.3 Å². The molecule has 0 saturated carbocycles. The summed E-state index contributed by atoms with van der Waals surface area (Å²) < 4.78 is 5.44. The molecule has 0 bridgehead atoms. The van der Waals surface area contributed by atoms with E-state index in [9.17, 15) is 4.79 Å². The first-order chi connectivity index (χ1) is 8.67. The van der Waals surface area contributed by atoms with Crippen molar-refractivity contribution in [1.82, 2.24) is 0 Å². The van der Waals surface area contributed by atoms with Gasteiger partial charge in [-0.05, 0) is 30.7 Å². The van der Waals surface area contributed by atoms with Crippen molar-refractivity contribution >= 4 is 5.97 Å². The van der Waals surface area contributed by atoms with Gasteiger partial charge in [0.05, 0.1) is 5.56 Å². The SMILES string of the molecule is C=C.C=C/C(=C\C)COc1cccc(C(=O)O)c1. The first-order valence-corrected chi connectivity index (χ1v) is 5.41. The van der Waals surface area contributed by atoms with E-state index < -0.39 is 5.97 Å². The number of rotatable bonds is 5. The summed E-state index contributed by atoms with van der Waals surface area (Å²) >= 11 is 0. The van der Waals surface area contributed by atoms with Crippen molar-refractivity contribution in [2.24, 2.45) is 0 Å². The topological polar surface area (TPSA) is 46.5 Å². The smallest absolute Gasteiger partial charge is 0.335 e. The van der Waals surface area contributed by atoms with Gasteiger partial charge in [0.15, 0.2) is 0 Å². The lowest BCUT2D eigenvalue weighted by Crippen LogP contribution is -2.01. The van der Waals surface area contributed by atoms with E-state index in [0.717, 1.165) is 5.57 Å². The molecule has 0 fully saturated rings. The highest BCUT2D eigenvalue weighted by molar-refractivity contribution is 5.87. The Morgan fingerprint density at radius 3 is 2.61 bits per heavy atom. The Balaban J connectivity index is 0.00000137. The van der Waals surface area contributed by atoms with Gasteiger partial charge in [-0.25, -0.2) is 4.79 Å². The largest absolute Gasteiger partial charge is 0.489 e. The molecule has 1 N–H and O–H groups in total. The van der Waals surface area contributed by atoms with Gasteiger partial charge in [0.2, 0.25) is 0 Å². The normalized spacial score (nSPS) is 9.94. The average Bonchev–Trinajstić information content (AvgIpc) is 2.42. The Labute approximate surface area is 108 Å². The highest BCUT2D eigenvalue weighted by atomic mass is 16.5. The molecular weight excluding hydrogens is 228 g/mol. The molecule has 3 heteroatoms.